The van der Waals surface area contributed by atoms with E-state index in [0.717, 1.165) is 11.3 Å². The van der Waals surface area contributed by atoms with Gasteiger partial charge in [-0.05, 0) is 12.1 Å². The van der Waals surface area contributed by atoms with Crippen LogP contribution in [0.4, 0.5) is 4.79 Å². The van der Waals surface area contributed by atoms with Gasteiger partial charge in [-0.1, -0.05) is 11.6 Å². The molecule has 6 nitrogen and oxygen atoms in total. The molecule has 1 aromatic heterocycles. The monoisotopic (exact) mass is 262 g/mol. The largest absolute Gasteiger partial charge is 0.440 e. The summed E-state index contributed by atoms with van der Waals surface area (Å²) in [5.74, 6) is -0.921. The minimum Gasteiger partial charge on any atom is -0.440 e. The molecule has 0 aliphatic carbocycles. The van der Waals surface area contributed by atoms with Crippen molar-refractivity contribution >= 4 is 34.9 Å². The minimum absolute atomic E-state index is 0.344. The van der Waals surface area contributed by atoms with Crippen LogP contribution in [0.5, 0.6) is 0 Å². The van der Waals surface area contributed by atoms with Crippen molar-refractivity contribution < 1.29 is 14.3 Å². The quantitative estimate of drug-likeness (QED) is 0.841. The lowest BCUT2D eigenvalue weighted by molar-refractivity contribution is -0.119. The Balaban J connectivity index is 2.82. The lowest BCUT2D eigenvalue weighted by Gasteiger charge is -2.12. The summed E-state index contributed by atoms with van der Waals surface area (Å²) in [6.45, 7) is 0. The van der Waals surface area contributed by atoms with Gasteiger partial charge in [-0.15, -0.1) is 16.2 Å². The summed E-state index contributed by atoms with van der Waals surface area (Å²) in [6, 6.07) is 3.16. The van der Waals surface area contributed by atoms with Crippen molar-refractivity contribution in [2.24, 2.45) is 10.9 Å². The van der Waals surface area contributed by atoms with Crippen molar-refractivity contribution in [1.82, 2.24) is 0 Å². The van der Waals surface area contributed by atoms with Crippen LogP contribution in [0, 0.1) is 4.91 Å². The van der Waals surface area contributed by atoms with E-state index in [0.29, 0.717) is 9.21 Å². The first-order valence-corrected chi connectivity index (χ1v) is 5.30. The average molecular weight is 263 g/mol. The molecule has 8 heteroatoms. The molecular weight excluding hydrogens is 256 g/mol. The van der Waals surface area contributed by atoms with Gasteiger partial charge in [-0.25, -0.2) is 4.79 Å². The Bertz CT molecular complexity index is 420. The number of halogens is 1. The van der Waals surface area contributed by atoms with Gasteiger partial charge in [0.15, 0.2) is 0 Å². The number of ether oxygens (including phenoxy) is 1. The van der Waals surface area contributed by atoms with Crippen molar-refractivity contribution in [3.63, 3.8) is 0 Å². The maximum absolute atomic E-state index is 10.8. The maximum Gasteiger partial charge on any atom is 0.405 e. The third kappa shape index (κ3) is 3.59. The molecule has 0 bridgehead atoms. The Morgan fingerprint density at radius 2 is 2.25 bits per heavy atom. The standard InChI is InChI=1S/C8H7ClN2O4S/c9-6-2-1-5(16-6)4(15-8(10)13)3-7(12)11-14/h1-2,4H,3H2,(H2,10,13). The molecular formula is C8H7ClN2O4S. The summed E-state index contributed by atoms with van der Waals surface area (Å²) in [5.41, 5.74) is 4.85. The first-order valence-electron chi connectivity index (χ1n) is 4.10. The molecule has 0 fully saturated rings. The van der Waals surface area contributed by atoms with Crippen molar-refractivity contribution in [3.8, 4) is 0 Å². The molecule has 0 aromatic carbocycles. The topological polar surface area (TPSA) is 98.8 Å². The fourth-order valence-corrected chi connectivity index (χ4v) is 2.13. The Labute approximate surface area is 99.3 Å². The second kappa shape index (κ2) is 5.57. The highest BCUT2D eigenvalue weighted by atomic mass is 35.5. The number of nitrogens with two attached hydrogens (primary N) is 1. The normalized spacial score (nSPS) is 11.8. The van der Waals surface area contributed by atoms with Crippen molar-refractivity contribution in [2.45, 2.75) is 12.5 Å². The Hall–Kier alpha value is -1.47. The van der Waals surface area contributed by atoms with Crippen LogP contribution in [0.2, 0.25) is 4.34 Å². The molecule has 0 aliphatic rings. The first kappa shape index (κ1) is 12.6. The number of amides is 2. The van der Waals surface area contributed by atoms with E-state index < -0.39 is 18.1 Å². The number of carbonyl (C=O) groups is 2. The molecule has 1 atom stereocenters. The Morgan fingerprint density at radius 1 is 1.56 bits per heavy atom. The molecule has 2 N–H and O–H groups in total. The highest BCUT2D eigenvalue weighted by Gasteiger charge is 2.21. The summed E-state index contributed by atoms with van der Waals surface area (Å²) in [4.78, 5) is 32.0. The number of thiophene rings is 1. The average Bonchev–Trinajstić information content (AvgIpc) is 2.63. The van der Waals surface area contributed by atoms with Gasteiger partial charge in [0.1, 0.15) is 6.10 Å². The third-order valence-corrected chi connectivity index (χ3v) is 2.95. The molecule has 0 aliphatic heterocycles. The van der Waals surface area contributed by atoms with Gasteiger partial charge >= 0.3 is 6.09 Å². The number of hydrogen-bond donors (Lipinski definition) is 1. The highest BCUT2D eigenvalue weighted by Crippen LogP contribution is 2.31. The molecule has 1 aromatic rings. The molecule has 0 saturated carbocycles. The number of nitroso groups, excluding NO2 is 1. The van der Waals surface area contributed by atoms with E-state index in [1.165, 1.54) is 0 Å². The smallest absolute Gasteiger partial charge is 0.405 e. The summed E-state index contributed by atoms with van der Waals surface area (Å²) in [6.07, 6.45) is -2.29. The lowest BCUT2D eigenvalue weighted by atomic mass is 10.2. The van der Waals surface area contributed by atoms with E-state index in [4.69, 9.17) is 22.1 Å². The van der Waals surface area contributed by atoms with Crippen LogP contribution in [0.15, 0.2) is 17.3 Å². The molecule has 2 amide bonds. The zero-order chi connectivity index (χ0) is 12.1. The second-order valence-electron chi connectivity index (χ2n) is 2.76. The van der Waals surface area contributed by atoms with Crippen LogP contribution in [-0.2, 0) is 9.53 Å². The Morgan fingerprint density at radius 3 is 2.69 bits per heavy atom. The van der Waals surface area contributed by atoms with Crippen molar-refractivity contribution in [2.75, 3.05) is 0 Å². The minimum atomic E-state index is -1.03. The SMILES string of the molecule is NC(=O)OC(CC(=O)N=O)c1ccc(Cl)s1. The van der Waals surface area contributed by atoms with Gasteiger partial charge in [0, 0.05) is 10.1 Å². The number of carbonyl (C=O) groups excluding carboxylic acids is 2. The summed E-state index contributed by atoms with van der Waals surface area (Å²) in [7, 11) is 0. The summed E-state index contributed by atoms with van der Waals surface area (Å²) >= 11 is 6.82. The zero-order valence-electron chi connectivity index (χ0n) is 7.88. The fourth-order valence-electron chi connectivity index (χ4n) is 1.04. The van der Waals surface area contributed by atoms with Crippen molar-refractivity contribution in [3.05, 3.63) is 26.3 Å². The van der Waals surface area contributed by atoms with Crippen LogP contribution >= 0.6 is 22.9 Å². The van der Waals surface area contributed by atoms with E-state index in [9.17, 15) is 14.5 Å². The van der Waals surface area contributed by atoms with E-state index in [1.54, 1.807) is 12.1 Å². The molecule has 0 radical (unpaired) electrons. The van der Waals surface area contributed by atoms with Gasteiger partial charge in [0.05, 0.1) is 10.8 Å². The molecule has 1 heterocycles. The van der Waals surface area contributed by atoms with Gasteiger partial charge in [0.25, 0.3) is 5.91 Å². The molecule has 1 rings (SSSR count). The van der Waals surface area contributed by atoms with E-state index in [2.05, 4.69) is 5.18 Å². The van der Waals surface area contributed by atoms with Gasteiger partial charge < -0.3 is 10.5 Å². The molecule has 86 valence electrons. The molecule has 16 heavy (non-hydrogen) atoms. The summed E-state index contributed by atoms with van der Waals surface area (Å²) in [5, 5.41) is 2.22. The van der Waals surface area contributed by atoms with Crippen LogP contribution in [0.3, 0.4) is 0 Å². The lowest BCUT2D eigenvalue weighted by Crippen LogP contribution is -2.18. The first-order chi connectivity index (χ1) is 7.52. The van der Waals surface area contributed by atoms with Gasteiger partial charge in [-0.2, -0.15) is 0 Å². The van der Waals surface area contributed by atoms with Gasteiger partial charge in [0.2, 0.25) is 0 Å². The van der Waals surface area contributed by atoms with Crippen LogP contribution in [-0.4, -0.2) is 12.0 Å². The fraction of sp³-hybridized carbons (Fsp3) is 0.250. The van der Waals surface area contributed by atoms with E-state index in [1.807, 2.05) is 0 Å². The zero-order valence-corrected chi connectivity index (χ0v) is 9.46. The maximum atomic E-state index is 10.8. The second-order valence-corrected chi connectivity index (χ2v) is 4.50. The highest BCUT2D eigenvalue weighted by molar-refractivity contribution is 7.16. The number of hydrogen-bond acceptors (Lipinski definition) is 5. The van der Waals surface area contributed by atoms with Gasteiger partial charge in [-0.3, -0.25) is 4.79 Å². The number of rotatable bonds is 4. The predicted octanol–water partition coefficient (Wildman–Crippen LogP) is 2.22. The van der Waals surface area contributed by atoms with Crippen molar-refractivity contribution in [1.29, 1.82) is 0 Å². The number of nitrogens with zero attached hydrogens (tertiary/aromatic N) is 1. The molecule has 1 unspecified atom stereocenters. The molecule has 0 spiro atoms. The van der Waals surface area contributed by atoms with Crippen LogP contribution < -0.4 is 5.73 Å². The number of primary amides is 1. The summed E-state index contributed by atoms with van der Waals surface area (Å²) < 4.78 is 5.16. The van der Waals surface area contributed by atoms with E-state index in [-0.39, 0.29) is 6.42 Å². The van der Waals surface area contributed by atoms with Crippen LogP contribution in [0.1, 0.15) is 17.4 Å². The third-order valence-electron chi connectivity index (χ3n) is 1.63. The van der Waals surface area contributed by atoms with Crippen LogP contribution in [0.25, 0.3) is 0 Å². The molecule has 0 saturated heterocycles. The van der Waals surface area contributed by atoms with E-state index >= 15 is 0 Å². The Kier molecular flexibility index (Phi) is 4.39. The predicted molar refractivity (Wildman–Crippen MR) is 58.2 cm³/mol.